The predicted octanol–water partition coefficient (Wildman–Crippen LogP) is 11.4. The van der Waals surface area contributed by atoms with Gasteiger partial charge in [0.25, 0.3) is 0 Å². The largest absolute Gasteiger partial charge is 0.453 e. The molecular weight excluding hydrogens is 625 g/mol. The lowest BCUT2D eigenvalue weighted by molar-refractivity contribution is 0.438. The smallest absolute Gasteiger partial charge is 0.152 e. The monoisotopic (exact) mass is 658 g/mol. The van der Waals surface area contributed by atoms with E-state index in [2.05, 4.69) is 81.6 Å². The van der Waals surface area contributed by atoms with Crippen LogP contribution in [-0.4, -0.2) is 8.80 Å². The van der Waals surface area contributed by atoms with Crippen LogP contribution in [0.3, 0.4) is 0 Å². The van der Waals surface area contributed by atoms with E-state index in [1.54, 1.807) is 0 Å². The van der Waals surface area contributed by atoms with Gasteiger partial charge in [-0.2, -0.15) is 10.5 Å². The number of nitrogens with zero attached hydrogens (tertiary/aromatic N) is 4. The van der Waals surface area contributed by atoms with Gasteiger partial charge in [-0.1, -0.05) is 49.9 Å². The summed E-state index contributed by atoms with van der Waals surface area (Å²) in [6.45, 7) is 0. The van der Waals surface area contributed by atoms with Crippen molar-refractivity contribution < 1.29 is 4.42 Å². The summed E-state index contributed by atoms with van der Waals surface area (Å²) in [7, 11) is 0. The third kappa shape index (κ3) is 2.93. The van der Waals surface area contributed by atoms with E-state index >= 15 is 0 Å². The van der Waals surface area contributed by atoms with E-state index in [0.29, 0.717) is 0 Å². The third-order valence-electron chi connectivity index (χ3n) is 14.5. The van der Waals surface area contributed by atoms with Gasteiger partial charge in [0.1, 0.15) is 0 Å². The van der Waals surface area contributed by atoms with E-state index in [0.717, 1.165) is 70.0 Å². The molecule has 13 rings (SSSR count). The van der Waals surface area contributed by atoms with Gasteiger partial charge in [0.05, 0.1) is 56.4 Å². The number of fused-ring (bicyclic) bond motifs is 18. The maximum Gasteiger partial charge on any atom is 0.152 e. The summed E-state index contributed by atoms with van der Waals surface area (Å²) in [5, 5.41) is 29.3. The normalized spacial score (nSPS) is 19.1. The minimum absolute atomic E-state index is 0.114. The van der Waals surface area contributed by atoms with Crippen molar-refractivity contribution >= 4 is 76.6 Å². The standard InChI is InChI=1S/C46H34N4O/c47-23-25-20-32-37(27-12-18-45(41(25)27)14-3-4-15-45)30-22-34-39(29-8-7-11-36-43(29)49(34)31-9-1-2-10-35(31)51-36)40-38-28-13-19-46(16-5-6-17-46)42(28)26(24-48)21-33(38)50(32)44(30)40/h1-2,7-11,20-22H,3-6,12-19H2. The first-order valence-corrected chi connectivity index (χ1v) is 19.1. The zero-order valence-corrected chi connectivity index (χ0v) is 28.5. The second kappa shape index (κ2) is 8.85. The summed E-state index contributed by atoms with van der Waals surface area (Å²) in [6.07, 6.45) is 14.0. The second-order valence-electron chi connectivity index (χ2n) is 16.5. The van der Waals surface area contributed by atoms with Crippen molar-refractivity contribution in [3.05, 3.63) is 94.0 Å². The molecule has 2 saturated carbocycles. The molecule has 2 spiro atoms. The zero-order valence-electron chi connectivity index (χ0n) is 28.5. The van der Waals surface area contributed by atoms with Crippen LogP contribution in [0.15, 0.2) is 65.1 Å². The number of aryl methyl sites for hydroxylation is 2. The quantitative estimate of drug-likeness (QED) is 0.152. The van der Waals surface area contributed by atoms with Crippen molar-refractivity contribution in [3.8, 4) is 12.1 Å². The Kier molecular flexibility index (Phi) is 4.73. The minimum atomic E-state index is 0.114. The molecule has 9 aromatic rings. The van der Waals surface area contributed by atoms with E-state index in [9.17, 15) is 10.5 Å². The Hall–Kier alpha value is -5.52. The van der Waals surface area contributed by atoms with Crippen LogP contribution in [0.2, 0.25) is 0 Å². The van der Waals surface area contributed by atoms with E-state index in [-0.39, 0.29) is 10.8 Å². The van der Waals surface area contributed by atoms with Crippen molar-refractivity contribution in [1.29, 1.82) is 10.5 Å². The van der Waals surface area contributed by atoms with Gasteiger partial charge in [-0.15, -0.1) is 0 Å². The molecule has 51 heavy (non-hydrogen) atoms. The molecule has 0 saturated heterocycles. The van der Waals surface area contributed by atoms with Gasteiger partial charge in [-0.25, -0.2) is 0 Å². The highest BCUT2D eigenvalue weighted by atomic mass is 16.3. The first kappa shape index (κ1) is 27.2. The van der Waals surface area contributed by atoms with Crippen LogP contribution in [0.1, 0.15) is 97.6 Å². The summed E-state index contributed by atoms with van der Waals surface area (Å²) < 4.78 is 11.5. The lowest BCUT2D eigenvalue weighted by atomic mass is 9.77. The fourth-order valence-electron chi connectivity index (χ4n) is 12.7. The third-order valence-corrected chi connectivity index (χ3v) is 14.5. The number of hydrogen-bond acceptors (Lipinski definition) is 3. The molecule has 5 heteroatoms. The summed E-state index contributed by atoms with van der Waals surface area (Å²) in [4.78, 5) is 0. The molecule has 0 atom stereocenters. The summed E-state index contributed by atoms with van der Waals surface area (Å²) >= 11 is 0. The van der Waals surface area contributed by atoms with Crippen LogP contribution in [0.4, 0.5) is 0 Å². The number of hydrogen-bond donors (Lipinski definition) is 0. The molecule has 244 valence electrons. The van der Waals surface area contributed by atoms with Crippen molar-refractivity contribution in [3.63, 3.8) is 0 Å². The minimum Gasteiger partial charge on any atom is -0.453 e. The molecule has 5 aromatic carbocycles. The number of rotatable bonds is 0. The Morgan fingerprint density at radius 2 is 1.12 bits per heavy atom. The Morgan fingerprint density at radius 1 is 0.529 bits per heavy atom. The average molecular weight is 659 g/mol. The molecule has 0 amide bonds. The lowest BCUT2D eigenvalue weighted by Crippen LogP contribution is -2.19. The molecular formula is C46H34N4O. The number of para-hydroxylation sites is 3. The second-order valence-corrected chi connectivity index (χ2v) is 16.5. The van der Waals surface area contributed by atoms with Crippen LogP contribution < -0.4 is 0 Å². The van der Waals surface area contributed by atoms with E-state index in [1.807, 2.05) is 0 Å². The molecule has 4 aromatic heterocycles. The van der Waals surface area contributed by atoms with Crippen LogP contribution in [-0.2, 0) is 23.7 Å². The van der Waals surface area contributed by atoms with Gasteiger partial charge in [0.15, 0.2) is 11.2 Å². The van der Waals surface area contributed by atoms with Crippen molar-refractivity contribution in [2.75, 3.05) is 0 Å². The summed E-state index contributed by atoms with van der Waals surface area (Å²) in [5.41, 5.74) is 16.1. The van der Waals surface area contributed by atoms with Crippen LogP contribution in [0.25, 0.3) is 76.6 Å². The molecule has 0 bridgehead atoms. The molecule has 4 aliphatic carbocycles. The summed E-state index contributed by atoms with van der Waals surface area (Å²) in [6, 6.07) is 27.3. The Bertz CT molecular complexity index is 3180. The topological polar surface area (TPSA) is 69.5 Å². The molecule has 0 unspecified atom stereocenters. The highest BCUT2D eigenvalue weighted by molar-refractivity contribution is 6.37. The van der Waals surface area contributed by atoms with Crippen LogP contribution >= 0.6 is 0 Å². The average Bonchev–Trinajstić information content (AvgIpc) is 4.03. The van der Waals surface area contributed by atoms with Gasteiger partial charge in [0, 0.05) is 32.3 Å². The summed E-state index contributed by atoms with van der Waals surface area (Å²) in [5.74, 6) is 0. The number of benzene rings is 5. The van der Waals surface area contributed by atoms with Crippen molar-refractivity contribution in [2.24, 2.45) is 0 Å². The number of aromatic nitrogens is 2. The van der Waals surface area contributed by atoms with E-state index in [1.165, 1.54) is 117 Å². The van der Waals surface area contributed by atoms with Crippen LogP contribution in [0, 0.1) is 22.7 Å². The van der Waals surface area contributed by atoms with Crippen molar-refractivity contribution in [1.82, 2.24) is 8.80 Å². The Balaban J connectivity index is 1.34. The van der Waals surface area contributed by atoms with Gasteiger partial charge in [-0.05, 0) is 121 Å². The van der Waals surface area contributed by atoms with Gasteiger partial charge in [-0.3, -0.25) is 0 Å². The highest BCUT2D eigenvalue weighted by Gasteiger charge is 2.46. The Labute approximate surface area is 293 Å². The predicted molar refractivity (Wildman–Crippen MR) is 203 cm³/mol. The van der Waals surface area contributed by atoms with E-state index in [4.69, 9.17) is 4.42 Å². The number of nitriles is 2. The maximum atomic E-state index is 10.8. The SMILES string of the molecule is N#Cc1cc2c(c3c1C1(CCCC1)CC3)c1cc3c(c4cccc5oc6ccccc6n3c54)c3c4c5c(c(C#N)cc4n2c13)C1(CCCC1)CC5. The van der Waals surface area contributed by atoms with Gasteiger partial charge in [0.2, 0.25) is 0 Å². The van der Waals surface area contributed by atoms with E-state index < -0.39 is 0 Å². The fourth-order valence-corrected chi connectivity index (χ4v) is 12.7. The van der Waals surface area contributed by atoms with Gasteiger partial charge >= 0.3 is 0 Å². The fraction of sp³-hybridized carbons (Fsp3) is 0.304. The zero-order chi connectivity index (χ0) is 33.4. The van der Waals surface area contributed by atoms with Crippen molar-refractivity contribution in [2.45, 2.75) is 87.9 Å². The highest BCUT2D eigenvalue weighted by Crippen LogP contribution is 2.58. The Morgan fingerprint density at radius 3 is 1.80 bits per heavy atom. The molecule has 0 N–H and O–H groups in total. The first-order chi connectivity index (χ1) is 25.1. The van der Waals surface area contributed by atoms with Crippen LogP contribution in [0.5, 0.6) is 0 Å². The molecule has 2 fully saturated rings. The molecule has 0 aliphatic heterocycles. The molecule has 0 radical (unpaired) electrons. The first-order valence-electron chi connectivity index (χ1n) is 19.1. The molecule has 5 nitrogen and oxygen atoms in total. The lowest BCUT2D eigenvalue weighted by Gasteiger charge is -2.26. The molecule has 4 heterocycles. The van der Waals surface area contributed by atoms with Gasteiger partial charge < -0.3 is 13.2 Å². The maximum absolute atomic E-state index is 10.8. The molecule has 4 aliphatic rings.